The third kappa shape index (κ3) is 3.19. The average Bonchev–Trinajstić information content (AvgIpc) is 2.40. The van der Waals surface area contributed by atoms with Gasteiger partial charge in [0.2, 0.25) is 0 Å². The zero-order valence-corrected chi connectivity index (χ0v) is 11.6. The largest absolute Gasteiger partial charge is 0.256 e. The molecule has 19 heavy (non-hydrogen) atoms. The van der Waals surface area contributed by atoms with E-state index >= 15 is 0 Å². The summed E-state index contributed by atoms with van der Waals surface area (Å²) in [5.74, 6) is 0. The molecule has 96 valence electrons. The van der Waals surface area contributed by atoms with Crippen molar-refractivity contribution in [3.8, 4) is 0 Å². The van der Waals surface area contributed by atoms with E-state index in [9.17, 15) is 0 Å². The second kappa shape index (κ2) is 6.14. The van der Waals surface area contributed by atoms with Gasteiger partial charge in [-0.2, -0.15) is 0 Å². The lowest BCUT2D eigenvalue weighted by molar-refractivity contribution is 1.26. The first-order valence-corrected chi connectivity index (χ1v) is 6.51. The van der Waals surface area contributed by atoms with E-state index in [1.165, 1.54) is 16.7 Å². The van der Waals surface area contributed by atoms with Crippen molar-refractivity contribution < 1.29 is 0 Å². The molecule has 0 bridgehead atoms. The molecular weight excluding hydrogens is 230 g/mol. The van der Waals surface area contributed by atoms with Gasteiger partial charge in [-0.1, -0.05) is 48.5 Å². The van der Waals surface area contributed by atoms with Gasteiger partial charge in [0.1, 0.15) is 0 Å². The normalized spacial score (nSPS) is 10.8. The van der Waals surface area contributed by atoms with E-state index in [-0.39, 0.29) is 0 Å². The summed E-state index contributed by atoms with van der Waals surface area (Å²) in [7, 11) is 0. The number of aliphatic imine (C=N–C) groups is 1. The van der Waals surface area contributed by atoms with Gasteiger partial charge in [-0.05, 0) is 42.5 Å². The monoisotopic (exact) mass is 249 g/mol. The minimum Gasteiger partial charge on any atom is -0.256 e. The van der Waals surface area contributed by atoms with Gasteiger partial charge in [-0.3, -0.25) is 4.99 Å². The summed E-state index contributed by atoms with van der Waals surface area (Å²) in [6.45, 7) is 7.98. The number of rotatable bonds is 4. The summed E-state index contributed by atoms with van der Waals surface area (Å²) < 4.78 is 0. The molecule has 1 heteroatoms. The van der Waals surface area contributed by atoms with E-state index in [1.54, 1.807) is 0 Å². The van der Waals surface area contributed by atoms with Crippen LogP contribution in [-0.2, 0) is 6.42 Å². The molecule has 0 saturated carbocycles. The minimum absolute atomic E-state index is 0.870. The maximum absolute atomic E-state index is 4.66. The molecule has 0 N–H and O–H groups in total. The molecule has 0 aliphatic heterocycles. The Balaban J connectivity index is 2.35. The van der Waals surface area contributed by atoms with Crippen molar-refractivity contribution in [2.45, 2.75) is 20.3 Å². The highest BCUT2D eigenvalue weighted by molar-refractivity contribution is 5.84. The lowest BCUT2D eigenvalue weighted by atomic mass is 10.1. The van der Waals surface area contributed by atoms with Crippen molar-refractivity contribution in [2.24, 2.45) is 4.99 Å². The van der Waals surface area contributed by atoms with E-state index in [1.807, 2.05) is 18.4 Å². The van der Waals surface area contributed by atoms with E-state index in [2.05, 4.69) is 61.8 Å². The molecule has 0 aromatic heterocycles. The topological polar surface area (TPSA) is 12.4 Å². The highest BCUT2D eigenvalue weighted by Crippen LogP contribution is 2.23. The lowest BCUT2D eigenvalue weighted by Gasteiger charge is -2.05. The van der Waals surface area contributed by atoms with Crippen LogP contribution in [-0.4, -0.2) is 6.21 Å². The van der Waals surface area contributed by atoms with Crippen molar-refractivity contribution in [1.29, 1.82) is 0 Å². The number of aryl methyl sites for hydroxylation is 2. The number of hydrogen-bond donors (Lipinski definition) is 0. The molecule has 2 aromatic carbocycles. The van der Waals surface area contributed by atoms with Crippen molar-refractivity contribution in [2.75, 3.05) is 0 Å². The molecule has 1 nitrogen and oxygen atoms in total. The maximum atomic E-state index is 4.66. The van der Waals surface area contributed by atoms with Crippen LogP contribution in [0.2, 0.25) is 0 Å². The van der Waals surface area contributed by atoms with Gasteiger partial charge in [0, 0.05) is 6.21 Å². The van der Waals surface area contributed by atoms with Crippen molar-refractivity contribution >= 4 is 11.9 Å². The number of allylic oxidation sites excluding steroid dienone is 1. The van der Waals surface area contributed by atoms with Gasteiger partial charge in [0.05, 0.1) is 5.69 Å². The van der Waals surface area contributed by atoms with Crippen LogP contribution in [0.3, 0.4) is 0 Å². The Hall–Kier alpha value is -2.15. The quantitative estimate of drug-likeness (QED) is 0.546. The third-order valence-corrected chi connectivity index (χ3v) is 3.19. The average molecular weight is 249 g/mol. The summed E-state index contributed by atoms with van der Waals surface area (Å²) in [5, 5.41) is 0. The Morgan fingerprint density at radius 3 is 2.37 bits per heavy atom. The van der Waals surface area contributed by atoms with Crippen molar-refractivity contribution in [3.05, 3.63) is 77.4 Å². The molecule has 0 atom stereocenters. The van der Waals surface area contributed by atoms with Crippen LogP contribution in [0, 0.1) is 13.8 Å². The van der Waals surface area contributed by atoms with Gasteiger partial charge < -0.3 is 0 Å². The first-order valence-electron chi connectivity index (χ1n) is 6.51. The van der Waals surface area contributed by atoms with Crippen LogP contribution in [0.1, 0.15) is 22.3 Å². The van der Waals surface area contributed by atoms with E-state index in [0.717, 1.165) is 17.7 Å². The van der Waals surface area contributed by atoms with E-state index in [4.69, 9.17) is 0 Å². The Morgan fingerprint density at radius 2 is 1.68 bits per heavy atom. The van der Waals surface area contributed by atoms with Crippen LogP contribution < -0.4 is 0 Å². The summed E-state index contributed by atoms with van der Waals surface area (Å²) in [6.07, 6.45) is 4.74. The molecule has 2 rings (SSSR count). The third-order valence-electron chi connectivity index (χ3n) is 3.19. The minimum atomic E-state index is 0.870. The number of benzene rings is 2. The summed E-state index contributed by atoms with van der Waals surface area (Å²) in [4.78, 5) is 4.66. The Labute approximate surface area is 115 Å². The fourth-order valence-electron chi connectivity index (χ4n) is 2.14. The fourth-order valence-corrected chi connectivity index (χ4v) is 2.14. The van der Waals surface area contributed by atoms with Crippen LogP contribution in [0.4, 0.5) is 5.69 Å². The van der Waals surface area contributed by atoms with Gasteiger partial charge in [-0.25, -0.2) is 0 Å². The highest BCUT2D eigenvalue weighted by atomic mass is 14.7. The lowest BCUT2D eigenvalue weighted by Crippen LogP contribution is -1.91. The molecule has 0 fully saturated rings. The number of nitrogens with zero attached hydrogens (tertiary/aromatic N) is 1. The highest BCUT2D eigenvalue weighted by Gasteiger charge is 2.00. The van der Waals surface area contributed by atoms with Crippen LogP contribution in [0.15, 0.2) is 60.1 Å². The molecule has 0 saturated heterocycles. The summed E-state index contributed by atoms with van der Waals surface area (Å²) in [6, 6.07) is 14.6. The fraction of sp³-hybridized carbons (Fsp3) is 0.167. The first-order chi connectivity index (χ1) is 9.22. The molecule has 0 amide bonds. The first kappa shape index (κ1) is 13.3. The summed E-state index contributed by atoms with van der Waals surface area (Å²) >= 11 is 0. The zero-order valence-electron chi connectivity index (χ0n) is 11.6. The molecule has 0 aliphatic carbocycles. The van der Waals surface area contributed by atoms with E-state index in [0.29, 0.717) is 0 Å². The standard InChI is InChI=1S/C18H19N/c1-4-8-16-11-5-6-12-17(16)13-19-18-14(2)9-7-10-15(18)3/h4-7,9-13H,1,8H2,2-3H3/b19-13+. The van der Waals surface area contributed by atoms with Gasteiger partial charge in [-0.15, -0.1) is 6.58 Å². The predicted octanol–water partition coefficient (Wildman–Crippen LogP) is 4.78. The Kier molecular flexibility index (Phi) is 4.30. The maximum Gasteiger partial charge on any atom is 0.0688 e. The van der Waals surface area contributed by atoms with Gasteiger partial charge in [0.15, 0.2) is 0 Å². The molecular formula is C18H19N. The smallest absolute Gasteiger partial charge is 0.0688 e. The van der Waals surface area contributed by atoms with Crippen molar-refractivity contribution in [1.82, 2.24) is 0 Å². The van der Waals surface area contributed by atoms with Crippen LogP contribution >= 0.6 is 0 Å². The predicted molar refractivity (Wildman–Crippen MR) is 83.5 cm³/mol. The van der Waals surface area contributed by atoms with Crippen LogP contribution in [0.5, 0.6) is 0 Å². The van der Waals surface area contributed by atoms with Crippen molar-refractivity contribution in [3.63, 3.8) is 0 Å². The zero-order chi connectivity index (χ0) is 13.7. The van der Waals surface area contributed by atoms with Crippen LogP contribution in [0.25, 0.3) is 0 Å². The molecule has 0 unspecified atom stereocenters. The Bertz CT molecular complexity index is 589. The molecule has 2 aromatic rings. The molecule has 0 heterocycles. The number of para-hydroxylation sites is 1. The van der Waals surface area contributed by atoms with Gasteiger partial charge in [0.25, 0.3) is 0 Å². The molecule has 0 aliphatic rings. The second-order valence-corrected chi connectivity index (χ2v) is 4.69. The SMILES string of the molecule is C=CCc1ccccc1/C=N/c1c(C)cccc1C. The molecule has 0 spiro atoms. The Morgan fingerprint density at radius 1 is 1.00 bits per heavy atom. The second-order valence-electron chi connectivity index (χ2n) is 4.69. The molecule has 0 radical (unpaired) electrons. The van der Waals surface area contributed by atoms with E-state index < -0.39 is 0 Å². The number of hydrogen-bond acceptors (Lipinski definition) is 1. The van der Waals surface area contributed by atoms with Gasteiger partial charge >= 0.3 is 0 Å². The summed E-state index contributed by atoms with van der Waals surface area (Å²) in [5.41, 5.74) is 5.89.